The lowest BCUT2D eigenvalue weighted by molar-refractivity contribution is -0.147. The van der Waals surface area contributed by atoms with Crippen LogP contribution in [0.1, 0.15) is 13.3 Å². The van der Waals surface area contributed by atoms with Crippen molar-refractivity contribution in [1.82, 2.24) is 4.90 Å². The monoisotopic (exact) mass is 237 g/mol. The van der Waals surface area contributed by atoms with Gasteiger partial charge in [-0.25, -0.2) is 13.2 Å². The lowest BCUT2D eigenvalue weighted by atomic mass is 10.3. The Kier molecular flexibility index (Phi) is 4.73. The molecule has 0 saturated carbocycles. The van der Waals surface area contributed by atoms with Crippen molar-refractivity contribution in [2.24, 2.45) is 0 Å². The first-order chi connectivity index (χ1) is 6.69. The Morgan fingerprint density at radius 3 is 2.13 bits per heavy atom. The summed E-state index contributed by atoms with van der Waals surface area (Å²) in [5.41, 5.74) is 0. The van der Waals surface area contributed by atoms with E-state index >= 15 is 0 Å². The lowest BCUT2D eigenvalue weighted by Gasteiger charge is -2.23. The number of hydrogen-bond acceptors (Lipinski definition) is 4. The van der Waals surface area contributed by atoms with Crippen LogP contribution >= 0.6 is 0 Å². The van der Waals surface area contributed by atoms with Gasteiger partial charge >= 0.3 is 5.97 Å². The molecule has 0 aliphatic heterocycles. The summed E-state index contributed by atoms with van der Waals surface area (Å²) in [6.45, 7) is 1.58. The lowest BCUT2D eigenvalue weighted by Crippen LogP contribution is -2.46. The van der Waals surface area contributed by atoms with E-state index in [1.54, 1.807) is 6.92 Å². The fourth-order valence-electron chi connectivity index (χ4n) is 1.06. The van der Waals surface area contributed by atoms with E-state index < -0.39 is 33.5 Å². The summed E-state index contributed by atoms with van der Waals surface area (Å²) in [5, 5.41) is 8.79. The van der Waals surface area contributed by atoms with Crippen LogP contribution in [0.2, 0.25) is 0 Å². The van der Waals surface area contributed by atoms with Gasteiger partial charge in [-0.15, -0.1) is 0 Å². The van der Waals surface area contributed by atoms with Gasteiger partial charge in [-0.05, 0) is 0 Å². The molecule has 0 saturated heterocycles. The Labute approximate surface area is 88.8 Å². The van der Waals surface area contributed by atoms with E-state index in [1.807, 2.05) is 0 Å². The van der Waals surface area contributed by atoms with Gasteiger partial charge in [0.1, 0.15) is 15.9 Å². The highest BCUT2D eigenvalue weighted by Gasteiger charge is 2.29. The summed E-state index contributed by atoms with van der Waals surface area (Å²) in [6.07, 6.45) is 1.08. The molecule has 1 unspecified atom stereocenters. The smallest absolute Gasteiger partial charge is 0.327 e. The molecule has 0 bridgehead atoms. The first-order valence-electron chi connectivity index (χ1n) is 4.35. The fraction of sp³-hybridized carbons (Fsp3) is 0.750. The molecule has 0 radical (unpaired) electrons. The van der Waals surface area contributed by atoms with Crippen molar-refractivity contribution in [1.29, 1.82) is 0 Å². The molecule has 88 valence electrons. The Bertz CT molecular complexity index is 348. The number of rotatable bonds is 5. The Morgan fingerprint density at radius 2 is 1.87 bits per heavy atom. The highest BCUT2D eigenvalue weighted by Crippen LogP contribution is 2.03. The summed E-state index contributed by atoms with van der Waals surface area (Å²) in [6, 6.07) is -1.31. The number of aliphatic carboxylic acids is 1. The molecular weight excluding hydrogens is 222 g/mol. The van der Waals surface area contributed by atoms with Crippen molar-refractivity contribution < 1.29 is 23.1 Å². The van der Waals surface area contributed by atoms with Crippen LogP contribution in [-0.4, -0.2) is 55.4 Å². The van der Waals surface area contributed by atoms with E-state index in [9.17, 15) is 18.0 Å². The SMILES string of the molecule is CCC(=O)N(C)C(CS(C)(=O)=O)C(=O)O. The molecule has 0 heterocycles. The first kappa shape index (κ1) is 13.9. The molecule has 1 amide bonds. The van der Waals surface area contributed by atoms with E-state index in [-0.39, 0.29) is 6.42 Å². The zero-order valence-electron chi connectivity index (χ0n) is 8.93. The topological polar surface area (TPSA) is 91.8 Å². The molecule has 6 nitrogen and oxygen atoms in total. The van der Waals surface area contributed by atoms with Gasteiger partial charge in [0.25, 0.3) is 0 Å². The van der Waals surface area contributed by atoms with Gasteiger partial charge in [-0.3, -0.25) is 4.79 Å². The van der Waals surface area contributed by atoms with E-state index in [1.165, 1.54) is 7.05 Å². The first-order valence-corrected chi connectivity index (χ1v) is 6.41. The van der Waals surface area contributed by atoms with Crippen LogP contribution in [-0.2, 0) is 19.4 Å². The molecule has 1 N–H and O–H groups in total. The molecule has 0 aliphatic carbocycles. The Balaban J connectivity index is 4.83. The minimum atomic E-state index is -3.43. The van der Waals surface area contributed by atoms with E-state index in [2.05, 4.69) is 0 Å². The third-order valence-corrected chi connectivity index (χ3v) is 2.83. The second-order valence-corrected chi connectivity index (χ2v) is 5.49. The maximum Gasteiger partial charge on any atom is 0.327 e. The van der Waals surface area contributed by atoms with Gasteiger partial charge in [0.15, 0.2) is 0 Å². The van der Waals surface area contributed by atoms with Gasteiger partial charge in [0.2, 0.25) is 5.91 Å². The highest BCUT2D eigenvalue weighted by atomic mass is 32.2. The Morgan fingerprint density at radius 1 is 1.40 bits per heavy atom. The average molecular weight is 237 g/mol. The van der Waals surface area contributed by atoms with Crippen LogP contribution in [0, 0.1) is 0 Å². The quantitative estimate of drug-likeness (QED) is 0.686. The predicted molar refractivity (Wildman–Crippen MR) is 54.2 cm³/mol. The standard InChI is InChI=1S/C8H15NO5S/c1-4-7(10)9(2)6(8(11)12)5-15(3,13)14/h6H,4-5H2,1-3H3,(H,11,12). The summed E-state index contributed by atoms with van der Waals surface area (Å²) in [5.74, 6) is -2.28. The second kappa shape index (κ2) is 5.11. The largest absolute Gasteiger partial charge is 0.480 e. The van der Waals surface area contributed by atoms with E-state index in [4.69, 9.17) is 5.11 Å². The van der Waals surface area contributed by atoms with Crippen LogP contribution in [0.15, 0.2) is 0 Å². The van der Waals surface area contributed by atoms with Crippen LogP contribution in [0.5, 0.6) is 0 Å². The van der Waals surface area contributed by atoms with Crippen molar-refractivity contribution in [2.45, 2.75) is 19.4 Å². The number of amides is 1. The molecule has 0 spiro atoms. The molecule has 0 aliphatic rings. The zero-order valence-corrected chi connectivity index (χ0v) is 9.74. The van der Waals surface area contributed by atoms with Crippen LogP contribution in [0.4, 0.5) is 0 Å². The fourth-order valence-corrected chi connectivity index (χ4v) is 2.00. The molecule has 0 aromatic carbocycles. The predicted octanol–water partition coefficient (Wildman–Crippen LogP) is -0.647. The Hall–Kier alpha value is -1.11. The summed E-state index contributed by atoms with van der Waals surface area (Å²) < 4.78 is 21.9. The van der Waals surface area contributed by atoms with E-state index in [0.717, 1.165) is 11.2 Å². The highest BCUT2D eigenvalue weighted by molar-refractivity contribution is 7.90. The van der Waals surface area contributed by atoms with Gasteiger partial charge in [0, 0.05) is 19.7 Å². The number of likely N-dealkylation sites (N-methyl/N-ethyl adjacent to an activating group) is 1. The molecule has 0 rings (SSSR count). The van der Waals surface area contributed by atoms with Crippen molar-refractivity contribution in [3.63, 3.8) is 0 Å². The van der Waals surface area contributed by atoms with Gasteiger partial charge in [0.05, 0.1) is 5.75 Å². The van der Waals surface area contributed by atoms with Crippen molar-refractivity contribution in [3.05, 3.63) is 0 Å². The molecule has 15 heavy (non-hydrogen) atoms. The molecule has 7 heteroatoms. The minimum Gasteiger partial charge on any atom is -0.480 e. The maximum absolute atomic E-state index is 11.2. The molecule has 1 atom stereocenters. The maximum atomic E-state index is 11.2. The van der Waals surface area contributed by atoms with Crippen molar-refractivity contribution >= 4 is 21.7 Å². The second-order valence-electron chi connectivity index (χ2n) is 3.30. The van der Waals surface area contributed by atoms with Gasteiger partial charge in [-0.2, -0.15) is 0 Å². The number of hydrogen-bond donors (Lipinski definition) is 1. The summed E-state index contributed by atoms with van der Waals surface area (Å²) in [7, 11) is -2.14. The average Bonchev–Trinajstić information content (AvgIpc) is 2.10. The number of nitrogens with zero attached hydrogens (tertiary/aromatic N) is 1. The van der Waals surface area contributed by atoms with E-state index in [0.29, 0.717) is 0 Å². The molecular formula is C8H15NO5S. The van der Waals surface area contributed by atoms with Gasteiger partial charge < -0.3 is 10.0 Å². The molecule has 0 fully saturated rings. The third kappa shape index (κ3) is 4.78. The number of carbonyl (C=O) groups excluding carboxylic acids is 1. The van der Waals surface area contributed by atoms with Crippen LogP contribution in [0.25, 0.3) is 0 Å². The molecule has 0 aromatic rings. The normalized spacial score (nSPS) is 13.3. The third-order valence-electron chi connectivity index (χ3n) is 1.91. The minimum absolute atomic E-state index is 0.143. The number of sulfone groups is 1. The number of carbonyl (C=O) groups is 2. The van der Waals surface area contributed by atoms with Crippen molar-refractivity contribution in [2.75, 3.05) is 19.1 Å². The van der Waals surface area contributed by atoms with Crippen LogP contribution in [0.3, 0.4) is 0 Å². The number of carboxylic acids is 1. The summed E-state index contributed by atoms with van der Waals surface area (Å²) >= 11 is 0. The van der Waals surface area contributed by atoms with Crippen LogP contribution < -0.4 is 0 Å². The zero-order chi connectivity index (χ0) is 12.2. The van der Waals surface area contributed by atoms with Crippen molar-refractivity contribution in [3.8, 4) is 0 Å². The summed E-state index contributed by atoms with van der Waals surface area (Å²) in [4.78, 5) is 22.9. The number of carboxylic acid groups (broad SMARTS) is 1. The van der Waals surface area contributed by atoms with Gasteiger partial charge in [-0.1, -0.05) is 6.92 Å². The molecule has 0 aromatic heterocycles.